The monoisotopic (exact) mass is 307 g/mol. The fraction of sp³-hybridized carbons (Fsp3) is 0.562. The van der Waals surface area contributed by atoms with Crippen molar-refractivity contribution in [1.82, 2.24) is 0 Å². The summed E-state index contributed by atoms with van der Waals surface area (Å²) < 4.78 is 0. The van der Waals surface area contributed by atoms with Gasteiger partial charge in [-0.15, -0.1) is 0 Å². The van der Waals surface area contributed by atoms with Gasteiger partial charge in [-0.05, 0) is 31.4 Å². The van der Waals surface area contributed by atoms with E-state index < -0.39 is 5.60 Å². The summed E-state index contributed by atoms with van der Waals surface area (Å²) in [5.41, 5.74) is 6.74. The normalized spacial score (nSPS) is 29.0. The maximum atomic E-state index is 10.8. The van der Waals surface area contributed by atoms with Crippen LogP contribution in [-0.4, -0.2) is 29.6 Å². The third-order valence-corrected chi connectivity index (χ3v) is 5.34. The molecule has 0 spiro atoms. The van der Waals surface area contributed by atoms with Crippen molar-refractivity contribution in [3.8, 4) is 0 Å². The SMILES string of the molecule is N=C(N)c1c(Cl)cccc1N1CCC2(O)CCCCC2C1. The number of piperidine rings is 1. The molecule has 21 heavy (non-hydrogen) atoms. The Kier molecular flexibility index (Phi) is 3.84. The second kappa shape index (κ2) is 5.50. The lowest BCUT2D eigenvalue weighted by Crippen LogP contribution is -2.53. The first kappa shape index (κ1) is 14.7. The number of benzene rings is 1. The van der Waals surface area contributed by atoms with E-state index in [9.17, 15) is 5.11 Å². The summed E-state index contributed by atoms with van der Waals surface area (Å²) in [6.07, 6.45) is 5.09. The molecule has 2 aliphatic rings. The van der Waals surface area contributed by atoms with Gasteiger partial charge in [0.15, 0.2) is 0 Å². The molecule has 5 heteroatoms. The zero-order valence-electron chi connectivity index (χ0n) is 12.1. The van der Waals surface area contributed by atoms with E-state index >= 15 is 0 Å². The average Bonchev–Trinajstić information content (AvgIpc) is 2.45. The van der Waals surface area contributed by atoms with Crippen molar-refractivity contribution in [1.29, 1.82) is 5.41 Å². The van der Waals surface area contributed by atoms with Gasteiger partial charge in [0.2, 0.25) is 0 Å². The minimum atomic E-state index is -0.496. The van der Waals surface area contributed by atoms with E-state index in [0.717, 1.165) is 44.5 Å². The number of hydrogen-bond donors (Lipinski definition) is 3. The molecule has 1 aromatic carbocycles. The number of rotatable bonds is 2. The smallest absolute Gasteiger partial charge is 0.126 e. The van der Waals surface area contributed by atoms with Crippen LogP contribution < -0.4 is 10.6 Å². The van der Waals surface area contributed by atoms with Gasteiger partial charge in [0.1, 0.15) is 5.84 Å². The maximum absolute atomic E-state index is 10.8. The van der Waals surface area contributed by atoms with Crippen LogP contribution in [0.2, 0.25) is 5.02 Å². The van der Waals surface area contributed by atoms with Gasteiger partial charge < -0.3 is 15.7 Å². The van der Waals surface area contributed by atoms with E-state index in [1.165, 1.54) is 6.42 Å². The van der Waals surface area contributed by atoms with E-state index in [0.29, 0.717) is 16.5 Å². The second-order valence-electron chi connectivity index (χ2n) is 6.29. The van der Waals surface area contributed by atoms with Crippen molar-refractivity contribution in [3.05, 3.63) is 28.8 Å². The topological polar surface area (TPSA) is 73.3 Å². The molecule has 1 heterocycles. The Morgan fingerprint density at radius 3 is 2.95 bits per heavy atom. The van der Waals surface area contributed by atoms with Crippen molar-refractivity contribution in [2.24, 2.45) is 11.7 Å². The first-order valence-electron chi connectivity index (χ1n) is 7.61. The Bertz CT molecular complexity index is 562. The van der Waals surface area contributed by atoms with Gasteiger partial charge in [-0.3, -0.25) is 5.41 Å². The van der Waals surface area contributed by atoms with E-state index in [4.69, 9.17) is 22.7 Å². The van der Waals surface area contributed by atoms with Crippen molar-refractivity contribution in [3.63, 3.8) is 0 Å². The number of anilines is 1. The summed E-state index contributed by atoms with van der Waals surface area (Å²) in [4.78, 5) is 2.23. The molecule has 2 atom stereocenters. The van der Waals surface area contributed by atoms with Crippen LogP contribution in [0.5, 0.6) is 0 Å². The lowest BCUT2D eigenvalue weighted by molar-refractivity contribution is -0.0612. The van der Waals surface area contributed by atoms with Crippen LogP contribution in [0.25, 0.3) is 0 Å². The van der Waals surface area contributed by atoms with Gasteiger partial charge in [0.05, 0.1) is 16.2 Å². The summed E-state index contributed by atoms with van der Waals surface area (Å²) in [7, 11) is 0. The maximum Gasteiger partial charge on any atom is 0.126 e. The number of nitrogen functional groups attached to an aromatic ring is 1. The highest BCUT2D eigenvalue weighted by molar-refractivity contribution is 6.34. The Hall–Kier alpha value is -1.26. The van der Waals surface area contributed by atoms with Gasteiger partial charge in [-0.25, -0.2) is 0 Å². The van der Waals surface area contributed by atoms with E-state index in [1.54, 1.807) is 6.07 Å². The summed E-state index contributed by atoms with van der Waals surface area (Å²) in [6.45, 7) is 1.60. The van der Waals surface area contributed by atoms with Gasteiger partial charge in [-0.1, -0.05) is 30.5 Å². The Morgan fingerprint density at radius 1 is 1.38 bits per heavy atom. The molecule has 2 unspecified atom stereocenters. The van der Waals surface area contributed by atoms with Crippen LogP contribution in [0.15, 0.2) is 18.2 Å². The second-order valence-corrected chi connectivity index (χ2v) is 6.70. The minimum Gasteiger partial charge on any atom is -0.389 e. The molecule has 3 rings (SSSR count). The number of nitrogens with zero attached hydrogens (tertiary/aromatic N) is 1. The first-order chi connectivity index (χ1) is 10.0. The molecule has 0 bridgehead atoms. The molecule has 2 fully saturated rings. The predicted octanol–water partition coefficient (Wildman–Crippen LogP) is 2.76. The molecule has 0 aromatic heterocycles. The van der Waals surface area contributed by atoms with E-state index in [-0.39, 0.29) is 5.84 Å². The van der Waals surface area contributed by atoms with Gasteiger partial charge >= 0.3 is 0 Å². The number of amidine groups is 1. The molecule has 4 nitrogen and oxygen atoms in total. The Labute approximate surface area is 130 Å². The zero-order valence-corrected chi connectivity index (χ0v) is 12.9. The van der Waals surface area contributed by atoms with Gasteiger partial charge in [-0.2, -0.15) is 0 Å². The van der Waals surface area contributed by atoms with Gasteiger partial charge in [0, 0.05) is 24.7 Å². The molecule has 1 saturated carbocycles. The van der Waals surface area contributed by atoms with Crippen molar-refractivity contribution in [2.45, 2.75) is 37.7 Å². The van der Waals surface area contributed by atoms with Gasteiger partial charge in [0.25, 0.3) is 0 Å². The highest BCUT2D eigenvalue weighted by atomic mass is 35.5. The lowest BCUT2D eigenvalue weighted by atomic mass is 9.71. The summed E-state index contributed by atoms with van der Waals surface area (Å²) in [5, 5.41) is 19.1. The predicted molar refractivity (Wildman–Crippen MR) is 86.2 cm³/mol. The molecular formula is C16H22ClN3O. The fourth-order valence-corrected chi connectivity index (χ4v) is 4.10. The number of nitrogens with one attached hydrogen (secondary N) is 1. The minimum absolute atomic E-state index is 0.0000735. The summed E-state index contributed by atoms with van der Waals surface area (Å²) in [6, 6.07) is 5.63. The summed E-state index contributed by atoms with van der Waals surface area (Å²) >= 11 is 6.21. The number of fused-ring (bicyclic) bond motifs is 1. The lowest BCUT2D eigenvalue weighted by Gasteiger charge is -2.48. The molecule has 1 aliphatic heterocycles. The average molecular weight is 308 g/mol. The van der Waals surface area contributed by atoms with E-state index in [2.05, 4.69) is 4.90 Å². The Morgan fingerprint density at radius 2 is 2.19 bits per heavy atom. The highest BCUT2D eigenvalue weighted by Crippen LogP contribution is 2.41. The zero-order chi connectivity index (χ0) is 15.0. The molecule has 1 saturated heterocycles. The third-order valence-electron chi connectivity index (χ3n) is 5.03. The van der Waals surface area contributed by atoms with Crippen LogP contribution in [-0.2, 0) is 0 Å². The quantitative estimate of drug-likeness (QED) is 0.581. The first-order valence-corrected chi connectivity index (χ1v) is 7.99. The fourth-order valence-electron chi connectivity index (χ4n) is 3.83. The molecule has 0 amide bonds. The standard InChI is InChI=1S/C16H22ClN3O/c17-12-5-3-6-13(14(12)15(18)19)20-9-8-16(21)7-2-1-4-11(16)10-20/h3,5-6,11,21H,1-2,4,7-10H2,(H3,18,19). The molecule has 1 aromatic rings. The molecular weight excluding hydrogens is 286 g/mol. The number of nitrogens with two attached hydrogens (primary N) is 1. The summed E-state index contributed by atoms with van der Waals surface area (Å²) in [5.74, 6) is 0.305. The molecule has 4 N–H and O–H groups in total. The van der Waals surface area contributed by atoms with Crippen molar-refractivity contribution < 1.29 is 5.11 Å². The van der Waals surface area contributed by atoms with Crippen LogP contribution >= 0.6 is 11.6 Å². The number of aliphatic hydroxyl groups is 1. The molecule has 0 radical (unpaired) electrons. The Balaban J connectivity index is 1.89. The number of hydrogen-bond acceptors (Lipinski definition) is 3. The van der Waals surface area contributed by atoms with E-state index in [1.807, 2.05) is 12.1 Å². The largest absolute Gasteiger partial charge is 0.389 e. The molecule has 1 aliphatic carbocycles. The highest BCUT2D eigenvalue weighted by Gasteiger charge is 2.43. The van der Waals surface area contributed by atoms with Crippen molar-refractivity contribution >= 4 is 23.1 Å². The number of halogens is 1. The van der Waals surface area contributed by atoms with Crippen molar-refractivity contribution in [2.75, 3.05) is 18.0 Å². The molecule has 114 valence electrons. The third kappa shape index (κ3) is 2.62. The van der Waals surface area contributed by atoms with Crippen LogP contribution in [0.3, 0.4) is 0 Å². The van der Waals surface area contributed by atoms with Crippen LogP contribution in [0.1, 0.15) is 37.7 Å². The van der Waals surface area contributed by atoms with Crippen LogP contribution in [0.4, 0.5) is 5.69 Å². The van der Waals surface area contributed by atoms with Crippen LogP contribution in [0, 0.1) is 11.3 Å².